The van der Waals surface area contributed by atoms with Crippen molar-refractivity contribution in [2.75, 3.05) is 0 Å². The minimum atomic E-state index is -1.32. The van der Waals surface area contributed by atoms with E-state index in [-0.39, 0.29) is 6.42 Å². The molecule has 0 aromatic heterocycles. The van der Waals surface area contributed by atoms with Crippen LogP contribution < -0.4 is 0 Å². The van der Waals surface area contributed by atoms with Gasteiger partial charge in [-0.25, -0.2) is 0 Å². The second-order valence-electron chi connectivity index (χ2n) is 2.80. The summed E-state index contributed by atoms with van der Waals surface area (Å²) in [5.74, 6) is 5.59. The quantitative estimate of drug-likeness (QED) is 0.383. The maximum atomic E-state index is 9.10. The number of hydrogen-bond donors (Lipinski definition) is 2. The lowest BCUT2D eigenvalue weighted by Gasteiger charge is -2.05. The summed E-state index contributed by atoms with van der Waals surface area (Å²) >= 11 is 0. The van der Waals surface area contributed by atoms with Crippen molar-refractivity contribution in [3.63, 3.8) is 0 Å². The first-order chi connectivity index (χ1) is 6.22. The van der Waals surface area contributed by atoms with Crippen LogP contribution in [0.15, 0.2) is 0 Å². The molecule has 0 aliphatic carbocycles. The topological polar surface area (TPSA) is 64.2 Å². The van der Waals surface area contributed by atoms with E-state index >= 15 is 0 Å². The van der Waals surface area contributed by atoms with Gasteiger partial charge in [0, 0.05) is 12.8 Å². The summed E-state index contributed by atoms with van der Waals surface area (Å²) < 4.78 is 0. The van der Waals surface area contributed by atoms with E-state index in [2.05, 4.69) is 18.8 Å². The van der Waals surface area contributed by atoms with Gasteiger partial charge in [-0.2, -0.15) is 5.26 Å². The van der Waals surface area contributed by atoms with E-state index in [4.69, 9.17) is 15.5 Å². The Labute approximate surface area is 79.0 Å². The maximum absolute atomic E-state index is 9.10. The van der Waals surface area contributed by atoms with Crippen LogP contribution in [0.25, 0.3) is 0 Å². The fourth-order valence-corrected chi connectivity index (χ4v) is 0.728. The molecule has 0 aromatic rings. The summed E-state index contributed by atoms with van der Waals surface area (Å²) in [5.41, 5.74) is 0. The summed E-state index contributed by atoms with van der Waals surface area (Å²) in [6.45, 7) is 2.08. The molecule has 0 unspecified atom stereocenters. The lowest BCUT2D eigenvalue weighted by molar-refractivity contribution is 0.0570. The summed E-state index contributed by atoms with van der Waals surface area (Å²) in [6.07, 6.45) is 0.756. The molecule has 0 radical (unpaired) electrons. The molecule has 0 aromatic carbocycles. The first kappa shape index (κ1) is 12.0. The predicted molar refractivity (Wildman–Crippen MR) is 49.5 cm³/mol. The Morgan fingerprint density at radius 2 is 2.00 bits per heavy atom. The van der Waals surface area contributed by atoms with Gasteiger partial charge < -0.3 is 10.2 Å². The van der Waals surface area contributed by atoms with E-state index in [0.29, 0.717) is 0 Å². The fourth-order valence-electron chi connectivity index (χ4n) is 0.728. The van der Waals surface area contributed by atoms with Gasteiger partial charge in [0.2, 0.25) is 0 Å². The highest BCUT2D eigenvalue weighted by Crippen LogP contribution is 1.97. The first-order valence-corrected chi connectivity index (χ1v) is 4.43. The van der Waals surface area contributed by atoms with Gasteiger partial charge in [0.1, 0.15) is 6.10 Å². The van der Waals surface area contributed by atoms with Gasteiger partial charge in [-0.3, -0.25) is 0 Å². The van der Waals surface area contributed by atoms with Crippen molar-refractivity contribution in [2.24, 2.45) is 0 Å². The average Bonchev–Trinajstić information content (AvgIpc) is 2.16. The fraction of sp³-hybridized carbons (Fsp3) is 0.700. The van der Waals surface area contributed by atoms with Crippen molar-refractivity contribution in [2.45, 2.75) is 44.8 Å². The smallest absolute Gasteiger partial charge is 0.167 e. The second-order valence-corrected chi connectivity index (χ2v) is 2.80. The van der Waals surface area contributed by atoms with Gasteiger partial charge in [0.25, 0.3) is 0 Å². The average molecular weight is 181 g/mol. The highest BCUT2D eigenvalue weighted by molar-refractivity contribution is 5.03. The monoisotopic (exact) mass is 181 g/mol. The van der Waals surface area contributed by atoms with Gasteiger partial charge in [-0.05, 0) is 6.42 Å². The number of nitrogens with zero attached hydrogens (tertiary/aromatic N) is 1. The Balaban J connectivity index is 3.61. The Bertz CT molecular complexity index is 221. The number of unbranched alkanes of at least 4 members (excludes halogenated alkanes) is 2. The van der Waals surface area contributed by atoms with E-state index < -0.39 is 12.2 Å². The third-order valence-corrected chi connectivity index (χ3v) is 1.59. The van der Waals surface area contributed by atoms with Crippen LogP contribution in [0.4, 0.5) is 0 Å². The van der Waals surface area contributed by atoms with E-state index in [9.17, 15) is 0 Å². The van der Waals surface area contributed by atoms with Gasteiger partial charge >= 0.3 is 0 Å². The molecule has 3 heteroatoms. The number of aliphatic hydroxyl groups excluding tert-OH is 2. The summed E-state index contributed by atoms with van der Waals surface area (Å²) in [4.78, 5) is 0. The van der Waals surface area contributed by atoms with Gasteiger partial charge in [0.15, 0.2) is 6.10 Å². The van der Waals surface area contributed by atoms with Crippen LogP contribution in [0.5, 0.6) is 0 Å². The number of hydrogen-bond acceptors (Lipinski definition) is 3. The van der Waals surface area contributed by atoms with Crippen molar-refractivity contribution >= 4 is 0 Å². The summed E-state index contributed by atoms with van der Waals surface area (Å²) in [7, 11) is 0. The molecule has 0 heterocycles. The highest BCUT2D eigenvalue weighted by atomic mass is 16.3. The molecule has 0 aliphatic rings. The minimum Gasteiger partial charge on any atom is -0.388 e. The minimum absolute atomic E-state index is 0.165. The normalized spacial score (nSPS) is 13.7. The van der Waals surface area contributed by atoms with Crippen LogP contribution in [0.2, 0.25) is 0 Å². The Kier molecular flexibility index (Phi) is 7.01. The van der Waals surface area contributed by atoms with Crippen molar-refractivity contribution in [1.82, 2.24) is 0 Å². The van der Waals surface area contributed by atoms with Crippen LogP contribution >= 0.6 is 0 Å². The molecule has 2 N–H and O–H groups in total. The third-order valence-electron chi connectivity index (χ3n) is 1.59. The lowest BCUT2D eigenvalue weighted by atomic mass is 10.1. The molecular weight excluding hydrogens is 166 g/mol. The van der Waals surface area contributed by atoms with Gasteiger partial charge in [-0.1, -0.05) is 13.3 Å². The largest absolute Gasteiger partial charge is 0.388 e. The van der Waals surface area contributed by atoms with Crippen LogP contribution in [0.1, 0.15) is 32.6 Å². The molecule has 3 nitrogen and oxygen atoms in total. The molecule has 2 atom stereocenters. The van der Waals surface area contributed by atoms with Crippen molar-refractivity contribution in [3.05, 3.63) is 0 Å². The van der Waals surface area contributed by atoms with Crippen LogP contribution in [-0.4, -0.2) is 22.4 Å². The second kappa shape index (κ2) is 7.61. The summed E-state index contributed by atoms with van der Waals surface area (Å²) in [5, 5.41) is 26.2. The zero-order valence-corrected chi connectivity index (χ0v) is 7.82. The number of nitriles is 1. The molecule has 0 amide bonds. The number of rotatable bonds is 4. The van der Waals surface area contributed by atoms with E-state index in [1.807, 2.05) is 0 Å². The highest BCUT2D eigenvalue weighted by Gasteiger charge is 2.12. The Morgan fingerprint density at radius 1 is 1.31 bits per heavy atom. The Morgan fingerprint density at radius 3 is 2.54 bits per heavy atom. The number of aliphatic hydroxyl groups is 2. The standard InChI is InChI=1S/C10H15NO2/c1-2-3-4-5-6-7-9(12)10(13)8-11/h9-10,12-13H,2-4,7H2,1H3/t9-,10-/m1/s1. The predicted octanol–water partition coefficient (Wildman–Crippen LogP) is 0.815. The lowest BCUT2D eigenvalue weighted by Crippen LogP contribution is -2.23. The van der Waals surface area contributed by atoms with Crippen molar-refractivity contribution < 1.29 is 10.2 Å². The SMILES string of the molecule is CCCCC#CC[C@@H](O)[C@H](O)C#N. The molecule has 13 heavy (non-hydrogen) atoms. The zero-order valence-electron chi connectivity index (χ0n) is 7.82. The first-order valence-electron chi connectivity index (χ1n) is 4.43. The van der Waals surface area contributed by atoms with Gasteiger partial charge in [-0.15, -0.1) is 11.8 Å². The maximum Gasteiger partial charge on any atom is 0.167 e. The van der Waals surface area contributed by atoms with Crippen LogP contribution in [0.3, 0.4) is 0 Å². The molecule has 0 spiro atoms. The molecule has 0 rings (SSSR count). The van der Waals surface area contributed by atoms with Crippen LogP contribution in [-0.2, 0) is 0 Å². The molecule has 0 bridgehead atoms. The molecular formula is C10H15NO2. The van der Waals surface area contributed by atoms with E-state index in [0.717, 1.165) is 19.3 Å². The summed E-state index contributed by atoms with van der Waals surface area (Å²) in [6, 6.07) is 1.55. The molecule has 0 saturated carbocycles. The Hall–Kier alpha value is -1.03. The molecule has 0 aliphatic heterocycles. The van der Waals surface area contributed by atoms with E-state index in [1.54, 1.807) is 6.07 Å². The van der Waals surface area contributed by atoms with Crippen molar-refractivity contribution in [3.8, 4) is 17.9 Å². The molecule has 72 valence electrons. The zero-order chi connectivity index (χ0) is 10.1. The van der Waals surface area contributed by atoms with Crippen molar-refractivity contribution in [1.29, 1.82) is 5.26 Å². The van der Waals surface area contributed by atoms with E-state index in [1.165, 1.54) is 0 Å². The molecule has 0 saturated heterocycles. The third kappa shape index (κ3) is 6.16. The van der Waals surface area contributed by atoms with Crippen LogP contribution in [0, 0.1) is 23.2 Å². The van der Waals surface area contributed by atoms with Gasteiger partial charge in [0.05, 0.1) is 6.07 Å². The molecule has 0 fully saturated rings.